The molecule has 36 heavy (non-hydrogen) atoms. The third-order valence-electron chi connectivity index (χ3n) is 9.26. The Hall–Kier alpha value is -2.20. The monoisotopic (exact) mass is 495 g/mol. The highest BCUT2D eigenvalue weighted by molar-refractivity contribution is 5.95. The highest BCUT2D eigenvalue weighted by atomic mass is 16.5. The van der Waals surface area contributed by atoms with Gasteiger partial charge in [-0.15, -0.1) is 0 Å². The van der Waals surface area contributed by atoms with Crippen molar-refractivity contribution < 1.29 is 19.1 Å². The van der Waals surface area contributed by atoms with Gasteiger partial charge in [0.05, 0.1) is 13.2 Å². The summed E-state index contributed by atoms with van der Waals surface area (Å²) in [6.07, 6.45) is 6.22. The summed E-state index contributed by atoms with van der Waals surface area (Å²) in [5, 5.41) is 0. The predicted molar refractivity (Wildman–Crippen MR) is 132 cm³/mol. The standard InChI is InChI=1S/C27H37N5O4/c33-26(17-4-6-25(22(9-17)16-1-2-16)36-21-7-8-35-15-21)31-11-19-13-32(14-20(19)12-31)27(34)18-3-5-23-24(10-18)29-30-28-23/h4,6,9,16,18-21,23-24,28-30H,1-3,5,7-8,10-15H2/t18-,19-,20-,21?,23?,24?/m1/s1. The highest BCUT2D eigenvalue weighted by Crippen LogP contribution is 2.45. The van der Waals surface area contributed by atoms with Gasteiger partial charge in [0.2, 0.25) is 5.91 Å². The van der Waals surface area contributed by atoms with Crippen molar-refractivity contribution in [3.8, 4) is 5.75 Å². The number of ether oxygens (including phenoxy) is 2. The Labute approximate surface area is 212 Å². The van der Waals surface area contributed by atoms with Gasteiger partial charge in [-0.3, -0.25) is 9.59 Å². The molecule has 7 rings (SSSR count). The number of hydrogen-bond donors (Lipinski definition) is 3. The number of nitrogens with one attached hydrogen (secondary N) is 3. The minimum absolute atomic E-state index is 0.106. The van der Waals surface area contributed by atoms with E-state index >= 15 is 0 Å². The molecule has 2 aliphatic carbocycles. The molecule has 9 nitrogen and oxygen atoms in total. The number of hydrazine groups is 2. The molecule has 6 fully saturated rings. The molecule has 0 radical (unpaired) electrons. The molecule has 194 valence electrons. The molecule has 3 unspecified atom stereocenters. The summed E-state index contributed by atoms with van der Waals surface area (Å²) in [5.41, 5.74) is 11.5. The summed E-state index contributed by atoms with van der Waals surface area (Å²) in [4.78, 5) is 30.8. The van der Waals surface area contributed by atoms with Gasteiger partial charge in [-0.2, -0.15) is 5.53 Å². The van der Waals surface area contributed by atoms with Crippen molar-refractivity contribution in [1.29, 1.82) is 0 Å². The van der Waals surface area contributed by atoms with Crippen LogP contribution in [0.2, 0.25) is 0 Å². The van der Waals surface area contributed by atoms with Crippen LogP contribution in [0.1, 0.15) is 60.4 Å². The molecule has 9 heteroatoms. The number of hydrogen-bond acceptors (Lipinski definition) is 7. The van der Waals surface area contributed by atoms with Crippen LogP contribution in [0.5, 0.6) is 5.75 Å². The van der Waals surface area contributed by atoms with E-state index in [-0.39, 0.29) is 17.9 Å². The first-order chi connectivity index (χ1) is 17.6. The van der Waals surface area contributed by atoms with Crippen molar-refractivity contribution in [1.82, 2.24) is 26.2 Å². The fraction of sp³-hybridized carbons (Fsp3) is 0.704. The third kappa shape index (κ3) is 4.30. The number of amides is 2. The average molecular weight is 496 g/mol. The minimum Gasteiger partial charge on any atom is -0.488 e. The van der Waals surface area contributed by atoms with Crippen molar-refractivity contribution in [3.05, 3.63) is 29.3 Å². The van der Waals surface area contributed by atoms with Crippen molar-refractivity contribution in [2.45, 2.75) is 62.6 Å². The first-order valence-electron chi connectivity index (χ1n) is 13.8. The third-order valence-corrected chi connectivity index (χ3v) is 9.26. The second-order valence-corrected chi connectivity index (χ2v) is 11.7. The molecule has 1 aromatic rings. The summed E-state index contributed by atoms with van der Waals surface area (Å²) in [6.45, 7) is 4.46. The van der Waals surface area contributed by atoms with Gasteiger partial charge in [0.15, 0.2) is 0 Å². The van der Waals surface area contributed by atoms with Gasteiger partial charge >= 0.3 is 0 Å². The lowest BCUT2D eigenvalue weighted by Crippen LogP contribution is -2.45. The van der Waals surface area contributed by atoms with E-state index in [1.807, 2.05) is 17.0 Å². The molecule has 1 aromatic carbocycles. The van der Waals surface area contributed by atoms with E-state index in [0.29, 0.717) is 42.4 Å². The summed E-state index contributed by atoms with van der Waals surface area (Å²) in [6, 6.07) is 6.75. The molecule has 2 amide bonds. The van der Waals surface area contributed by atoms with E-state index in [1.54, 1.807) is 0 Å². The number of fused-ring (bicyclic) bond motifs is 2. The first kappa shape index (κ1) is 23.0. The van der Waals surface area contributed by atoms with Gasteiger partial charge in [-0.25, -0.2) is 10.9 Å². The van der Waals surface area contributed by atoms with Crippen LogP contribution < -0.4 is 21.1 Å². The van der Waals surface area contributed by atoms with Crippen molar-refractivity contribution in [2.75, 3.05) is 39.4 Å². The number of likely N-dealkylation sites (tertiary alicyclic amines) is 2. The summed E-state index contributed by atoms with van der Waals surface area (Å²) >= 11 is 0. The zero-order valence-electron chi connectivity index (χ0n) is 20.8. The maximum atomic E-state index is 13.5. The van der Waals surface area contributed by atoms with E-state index in [9.17, 15) is 9.59 Å². The number of carbonyl (C=O) groups is 2. The minimum atomic E-state index is 0.106. The lowest BCUT2D eigenvalue weighted by Gasteiger charge is -2.32. The number of benzene rings is 1. The molecule has 4 saturated heterocycles. The normalized spacial score (nSPS) is 35.7. The van der Waals surface area contributed by atoms with Gasteiger partial charge in [0, 0.05) is 68.0 Å². The van der Waals surface area contributed by atoms with Crippen LogP contribution in [-0.4, -0.2) is 79.2 Å². The second kappa shape index (κ2) is 9.28. The molecule has 0 aromatic heterocycles. The Morgan fingerprint density at radius 1 is 0.917 bits per heavy atom. The van der Waals surface area contributed by atoms with Crippen LogP contribution in [0, 0.1) is 17.8 Å². The lowest BCUT2D eigenvalue weighted by molar-refractivity contribution is -0.136. The topological polar surface area (TPSA) is 95.2 Å². The molecular weight excluding hydrogens is 458 g/mol. The van der Waals surface area contributed by atoms with E-state index in [2.05, 4.69) is 27.4 Å². The predicted octanol–water partition coefficient (Wildman–Crippen LogP) is 1.41. The number of carbonyl (C=O) groups excluding carboxylic acids is 2. The van der Waals surface area contributed by atoms with Crippen LogP contribution in [0.3, 0.4) is 0 Å². The van der Waals surface area contributed by atoms with Crippen molar-refractivity contribution in [3.63, 3.8) is 0 Å². The van der Waals surface area contributed by atoms with Gasteiger partial charge in [0.25, 0.3) is 5.91 Å². The Kier molecular flexibility index (Phi) is 5.91. The Morgan fingerprint density at radius 3 is 2.44 bits per heavy atom. The van der Waals surface area contributed by atoms with Gasteiger partial charge in [-0.05, 0) is 61.8 Å². The number of rotatable bonds is 5. The highest BCUT2D eigenvalue weighted by Gasteiger charge is 2.46. The molecular formula is C27H37N5O4. The molecule has 3 N–H and O–H groups in total. The van der Waals surface area contributed by atoms with Gasteiger partial charge in [0.1, 0.15) is 11.9 Å². The fourth-order valence-corrected chi connectivity index (χ4v) is 7.02. The maximum absolute atomic E-state index is 13.5. The maximum Gasteiger partial charge on any atom is 0.253 e. The quantitative estimate of drug-likeness (QED) is 0.569. The van der Waals surface area contributed by atoms with Crippen LogP contribution in [0.15, 0.2) is 18.2 Å². The second-order valence-electron chi connectivity index (χ2n) is 11.7. The molecule has 0 spiro atoms. The first-order valence-corrected chi connectivity index (χ1v) is 13.8. The largest absolute Gasteiger partial charge is 0.488 e. The lowest BCUT2D eigenvalue weighted by atomic mass is 9.82. The number of nitrogens with zero attached hydrogens (tertiary/aromatic N) is 2. The smallest absolute Gasteiger partial charge is 0.253 e. The average Bonchev–Trinajstić information content (AvgIpc) is 3.27. The molecule has 6 aliphatic rings. The Bertz CT molecular complexity index is 1010. The molecule has 4 aliphatic heterocycles. The summed E-state index contributed by atoms with van der Waals surface area (Å²) in [5.74, 6) is 2.73. The van der Waals surface area contributed by atoms with Gasteiger partial charge in [-0.1, -0.05) is 0 Å². The van der Waals surface area contributed by atoms with Crippen molar-refractivity contribution >= 4 is 11.8 Å². The van der Waals surface area contributed by atoms with Crippen LogP contribution >= 0.6 is 0 Å². The van der Waals surface area contributed by atoms with Crippen LogP contribution in [-0.2, 0) is 9.53 Å². The van der Waals surface area contributed by atoms with Crippen LogP contribution in [0.4, 0.5) is 0 Å². The molecule has 6 atom stereocenters. The van der Waals surface area contributed by atoms with Crippen LogP contribution in [0.25, 0.3) is 0 Å². The van der Waals surface area contributed by atoms with E-state index in [1.165, 1.54) is 18.4 Å². The van der Waals surface area contributed by atoms with Crippen molar-refractivity contribution in [2.24, 2.45) is 17.8 Å². The molecule has 4 heterocycles. The Balaban J connectivity index is 0.973. The summed E-state index contributed by atoms with van der Waals surface area (Å²) < 4.78 is 11.7. The van der Waals surface area contributed by atoms with E-state index in [0.717, 1.165) is 69.8 Å². The molecule has 2 saturated carbocycles. The molecule has 0 bridgehead atoms. The van der Waals surface area contributed by atoms with E-state index in [4.69, 9.17) is 9.47 Å². The van der Waals surface area contributed by atoms with E-state index < -0.39 is 0 Å². The van der Waals surface area contributed by atoms with Gasteiger partial charge < -0.3 is 19.3 Å². The summed E-state index contributed by atoms with van der Waals surface area (Å²) in [7, 11) is 0. The zero-order valence-corrected chi connectivity index (χ0v) is 20.8. The SMILES string of the molecule is O=C(c1ccc(OC2CCOC2)c(C2CC2)c1)N1C[C@@H]2CN(C(=O)[C@@H]3CCC4NNNC4C3)C[C@H]2C1. The Morgan fingerprint density at radius 2 is 1.69 bits per heavy atom. The zero-order chi connectivity index (χ0) is 24.2. The fourth-order valence-electron chi connectivity index (χ4n) is 7.02.